The number of carbonyl (C=O) groups excluding carboxylic acids is 1. The van der Waals surface area contributed by atoms with Gasteiger partial charge in [0.2, 0.25) is 0 Å². The average molecular weight is 531 g/mol. The van der Waals surface area contributed by atoms with Gasteiger partial charge in [0.1, 0.15) is 11.3 Å². The van der Waals surface area contributed by atoms with Crippen LogP contribution in [0.25, 0.3) is 11.1 Å². The predicted molar refractivity (Wildman–Crippen MR) is 153 cm³/mol. The predicted octanol–water partition coefficient (Wildman–Crippen LogP) is 6.05. The number of carbonyl (C=O) groups is 1. The number of imidazole rings is 1. The van der Waals surface area contributed by atoms with E-state index in [1.54, 1.807) is 33.4 Å². The summed E-state index contributed by atoms with van der Waals surface area (Å²) in [6.07, 6.45) is 3.16. The Bertz CT molecular complexity index is 1390. The van der Waals surface area contributed by atoms with E-state index in [1.807, 2.05) is 60.7 Å². The number of H-pyrrole nitrogens is 1. The minimum atomic E-state index is -0.800. The first kappa shape index (κ1) is 26.7. The third-order valence-electron chi connectivity index (χ3n) is 5.89. The zero-order valence-electron chi connectivity index (χ0n) is 21.4. The van der Waals surface area contributed by atoms with Crippen LogP contribution in [0.3, 0.4) is 0 Å². The summed E-state index contributed by atoms with van der Waals surface area (Å²) in [4.78, 5) is 30.9. The topological polar surface area (TPSA) is 120 Å². The van der Waals surface area contributed by atoms with E-state index in [0.29, 0.717) is 18.9 Å². The van der Waals surface area contributed by atoms with Gasteiger partial charge < -0.3 is 25.1 Å². The van der Waals surface area contributed by atoms with Gasteiger partial charge in [-0.3, -0.25) is 4.79 Å². The number of nitroso groups, excluding NO2 is 1. The van der Waals surface area contributed by atoms with E-state index in [4.69, 9.17) is 4.74 Å². The number of nitrogens with one attached hydrogen (secondary N) is 4. The monoisotopic (exact) mass is 530 g/mol. The van der Waals surface area contributed by atoms with E-state index in [2.05, 4.69) is 36.6 Å². The summed E-state index contributed by atoms with van der Waals surface area (Å²) in [5.74, 6) is 0.803. The Balaban J connectivity index is 1.39. The maximum Gasteiger partial charge on any atom is 0.287 e. The number of aromatic nitrogens is 2. The number of aromatic amines is 1. The SMILES string of the molecule is COc1ccc(-c2cccc(C(C)(C)N=O)c2)cc1SNc1cccc(NCCNC(=O)c2ncc[nH]2)c1. The molecule has 0 aliphatic carbocycles. The van der Waals surface area contributed by atoms with Gasteiger partial charge in [-0.25, -0.2) is 4.98 Å². The number of ether oxygens (including phenoxy) is 1. The molecule has 0 aliphatic rings. The standard InChI is InChI=1S/C28H30N6O3S/c1-28(2,34-36)21-7-4-6-19(16-21)20-10-11-24(37-3)25(17-20)38-33-23-9-5-8-22(18-23)29-12-15-32-27(35)26-30-13-14-31-26/h4-11,13-14,16-18,29,33H,12,15H2,1-3H3,(H,30,31)(H,32,35). The Kier molecular flexibility index (Phi) is 8.65. The number of methoxy groups -OCH3 is 1. The van der Waals surface area contributed by atoms with E-state index < -0.39 is 5.54 Å². The summed E-state index contributed by atoms with van der Waals surface area (Å²) < 4.78 is 8.97. The second-order valence-corrected chi connectivity index (χ2v) is 9.85. The Morgan fingerprint density at radius 3 is 2.58 bits per heavy atom. The quantitative estimate of drug-likeness (QED) is 0.1000. The Hall–Kier alpha value is -4.31. The van der Waals surface area contributed by atoms with Gasteiger partial charge >= 0.3 is 0 Å². The molecule has 0 radical (unpaired) electrons. The molecule has 0 atom stereocenters. The van der Waals surface area contributed by atoms with Crippen LogP contribution in [0.5, 0.6) is 5.75 Å². The van der Waals surface area contributed by atoms with Crippen LogP contribution in [-0.4, -0.2) is 36.1 Å². The fourth-order valence-corrected chi connectivity index (χ4v) is 4.52. The number of benzene rings is 3. The highest BCUT2D eigenvalue weighted by Gasteiger charge is 2.21. The van der Waals surface area contributed by atoms with Gasteiger partial charge in [0, 0.05) is 36.9 Å². The average Bonchev–Trinajstić information content (AvgIpc) is 3.50. The van der Waals surface area contributed by atoms with Crippen molar-refractivity contribution in [1.82, 2.24) is 15.3 Å². The molecule has 4 aromatic rings. The summed E-state index contributed by atoms with van der Waals surface area (Å²) >= 11 is 1.45. The first-order valence-corrected chi connectivity index (χ1v) is 12.9. The van der Waals surface area contributed by atoms with Crippen LogP contribution >= 0.6 is 11.9 Å². The van der Waals surface area contributed by atoms with Gasteiger partial charge in [-0.1, -0.05) is 35.5 Å². The Morgan fingerprint density at radius 2 is 1.82 bits per heavy atom. The summed E-state index contributed by atoms with van der Waals surface area (Å²) in [6, 6.07) is 21.7. The molecule has 1 aromatic heterocycles. The van der Waals surface area contributed by atoms with Crippen LogP contribution in [-0.2, 0) is 5.54 Å². The highest BCUT2D eigenvalue weighted by Crippen LogP contribution is 2.36. The number of nitrogens with zero attached hydrogens (tertiary/aromatic N) is 2. The van der Waals surface area contributed by atoms with Gasteiger partial charge in [0.05, 0.1) is 12.0 Å². The lowest BCUT2D eigenvalue weighted by molar-refractivity contribution is 0.0946. The van der Waals surface area contributed by atoms with Crippen molar-refractivity contribution in [3.05, 3.63) is 95.4 Å². The van der Waals surface area contributed by atoms with E-state index in [0.717, 1.165) is 38.7 Å². The highest BCUT2D eigenvalue weighted by atomic mass is 32.2. The van der Waals surface area contributed by atoms with Gasteiger partial charge in [-0.15, -0.1) is 4.91 Å². The maximum atomic E-state index is 12.0. The van der Waals surface area contributed by atoms with Crippen molar-refractivity contribution >= 4 is 29.2 Å². The van der Waals surface area contributed by atoms with Crippen molar-refractivity contribution in [2.75, 3.05) is 30.2 Å². The van der Waals surface area contributed by atoms with Gasteiger partial charge in [0.15, 0.2) is 5.82 Å². The molecule has 196 valence electrons. The van der Waals surface area contributed by atoms with Gasteiger partial charge in [-0.05, 0) is 78.9 Å². The molecule has 0 bridgehead atoms. The molecule has 9 nitrogen and oxygen atoms in total. The molecule has 1 amide bonds. The molecule has 3 aromatic carbocycles. The molecule has 38 heavy (non-hydrogen) atoms. The maximum absolute atomic E-state index is 12.0. The van der Waals surface area contributed by atoms with Crippen molar-refractivity contribution in [3.63, 3.8) is 0 Å². The van der Waals surface area contributed by atoms with Crippen molar-refractivity contribution in [3.8, 4) is 16.9 Å². The zero-order valence-corrected chi connectivity index (χ0v) is 22.3. The van der Waals surface area contributed by atoms with Crippen molar-refractivity contribution in [1.29, 1.82) is 0 Å². The zero-order chi connectivity index (χ0) is 27.0. The molecule has 0 unspecified atom stereocenters. The molecule has 0 saturated carbocycles. The Labute approximate surface area is 225 Å². The van der Waals surface area contributed by atoms with E-state index in [1.165, 1.54) is 11.9 Å². The fraction of sp³-hybridized carbons (Fsp3) is 0.214. The van der Waals surface area contributed by atoms with Gasteiger partial charge in [0.25, 0.3) is 5.91 Å². The lowest BCUT2D eigenvalue weighted by atomic mass is 9.92. The molecule has 0 saturated heterocycles. The van der Waals surface area contributed by atoms with Crippen molar-refractivity contribution in [2.24, 2.45) is 5.18 Å². The minimum Gasteiger partial charge on any atom is -0.496 e. The fourth-order valence-electron chi connectivity index (χ4n) is 3.73. The summed E-state index contributed by atoms with van der Waals surface area (Å²) in [5.41, 5.74) is 3.89. The van der Waals surface area contributed by atoms with Crippen LogP contribution in [0.1, 0.15) is 30.0 Å². The third kappa shape index (κ3) is 6.71. The normalized spacial score (nSPS) is 11.0. The lowest BCUT2D eigenvalue weighted by Gasteiger charge is -2.17. The first-order chi connectivity index (χ1) is 18.4. The third-order valence-corrected chi connectivity index (χ3v) is 6.77. The van der Waals surface area contributed by atoms with E-state index in [-0.39, 0.29) is 5.91 Å². The number of amides is 1. The van der Waals surface area contributed by atoms with Crippen LogP contribution < -0.4 is 20.1 Å². The van der Waals surface area contributed by atoms with E-state index in [9.17, 15) is 9.70 Å². The summed E-state index contributed by atoms with van der Waals surface area (Å²) in [5, 5.41) is 9.39. The molecule has 1 heterocycles. The van der Waals surface area contributed by atoms with E-state index >= 15 is 0 Å². The molecule has 0 spiro atoms. The molecule has 4 rings (SSSR count). The second-order valence-electron chi connectivity index (χ2n) is 9.00. The molecule has 4 N–H and O–H groups in total. The highest BCUT2D eigenvalue weighted by molar-refractivity contribution is 8.00. The molecule has 0 fully saturated rings. The van der Waals surface area contributed by atoms with Crippen molar-refractivity contribution < 1.29 is 9.53 Å². The number of hydrogen-bond donors (Lipinski definition) is 4. The smallest absolute Gasteiger partial charge is 0.287 e. The minimum absolute atomic E-state index is 0.240. The summed E-state index contributed by atoms with van der Waals surface area (Å²) in [7, 11) is 1.65. The molecular weight excluding hydrogens is 500 g/mol. The van der Waals surface area contributed by atoms with Gasteiger partial charge in [-0.2, -0.15) is 0 Å². The number of rotatable bonds is 12. The number of anilines is 2. The van der Waals surface area contributed by atoms with Crippen LogP contribution in [0.2, 0.25) is 0 Å². The largest absolute Gasteiger partial charge is 0.496 e. The number of hydrogen-bond acceptors (Lipinski definition) is 8. The van der Waals surface area contributed by atoms with Crippen LogP contribution in [0, 0.1) is 4.91 Å². The van der Waals surface area contributed by atoms with Crippen molar-refractivity contribution in [2.45, 2.75) is 24.3 Å². The Morgan fingerprint density at radius 1 is 1.03 bits per heavy atom. The first-order valence-electron chi connectivity index (χ1n) is 12.1. The second kappa shape index (κ2) is 12.3. The molecule has 10 heteroatoms. The molecular formula is C28H30N6O3S. The molecule has 0 aliphatic heterocycles. The van der Waals surface area contributed by atoms with Crippen LogP contribution in [0.15, 0.2) is 89.2 Å². The summed E-state index contributed by atoms with van der Waals surface area (Å²) in [6.45, 7) is 4.63. The lowest BCUT2D eigenvalue weighted by Crippen LogP contribution is -2.29. The van der Waals surface area contributed by atoms with Crippen LogP contribution in [0.4, 0.5) is 11.4 Å².